The van der Waals surface area contributed by atoms with Crippen LogP contribution in [0, 0.1) is 6.92 Å². The number of sulfonamides is 1. The Morgan fingerprint density at radius 2 is 1.97 bits per heavy atom. The van der Waals surface area contributed by atoms with Crippen LogP contribution in [-0.2, 0) is 23.2 Å². The lowest BCUT2D eigenvalue weighted by Gasteiger charge is -2.27. The summed E-state index contributed by atoms with van der Waals surface area (Å²) < 4.78 is 78.1. The average molecular weight is 510 g/mol. The maximum Gasteiger partial charge on any atom is 0.420 e. The number of anilines is 1. The van der Waals surface area contributed by atoms with E-state index >= 15 is 0 Å². The van der Waals surface area contributed by atoms with Gasteiger partial charge in [0.25, 0.3) is 0 Å². The molecule has 1 saturated heterocycles. The molecular weight excluding hydrogens is 486 g/mol. The Balaban J connectivity index is 0.000000234. The van der Waals surface area contributed by atoms with Gasteiger partial charge in [-0.1, -0.05) is 0 Å². The lowest BCUT2D eigenvalue weighted by atomic mass is 10.1. The first-order valence-corrected chi connectivity index (χ1v) is 11.9. The van der Waals surface area contributed by atoms with Crippen LogP contribution in [0.5, 0.6) is 0 Å². The van der Waals surface area contributed by atoms with Gasteiger partial charge < -0.3 is 5.73 Å². The molecule has 0 unspecified atom stereocenters. The molecule has 4 rings (SSSR count). The van der Waals surface area contributed by atoms with E-state index in [1.54, 1.807) is 14.0 Å². The number of halogens is 4. The van der Waals surface area contributed by atoms with Gasteiger partial charge in [0.15, 0.2) is 0 Å². The van der Waals surface area contributed by atoms with E-state index in [-0.39, 0.29) is 29.5 Å². The van der Waals surface area contributed by atoms with Crippen molar-refractivity contribution in [2.75, 3.05) is 18.8 Å². The molecule has 1 aliphatic rings. The van der Waals surface area contributed by atoms with E-state index in [1.165, 1.54) is 27.6 Å². The van der Waals surface area contributed by atoms with Crippen LogP contribution < -0.4 is 5.73 Å². The van der Waals surface area contributed by atoms with Gasteiger partial charge in [-0.15, -0.1) is 11.3 Å². The second-order valence-corrected chi connectivity index (χ2v) is 10.4. The first kappa shape index (κ1) is 25.0. The summed E-state index contributed by atoms with van der Waals surface area (Å²) in [6.07, 6.45) is 0.309. The Bertz CT molecular complexity index is 1220. The van der Waals surface area contributed by atoms with Crippen molar-refractivity contribution in [3.05, 3.63) is 35.2 Å². The minimum Gasteiger partial charge on any atom is -0.368 e. The molecule has 0 spiro atoms. The molecule has 15 heteroatoms. The summed E-state index contributed by atoms with van der Waals surface area (Å²) in [6, 6.07) is 0. The van der Waals surface area contributed by atoms with E-state index in [0.29, 0.717) is 25.6 Å². The normalized spacial score (nSPS) is 17.5. The largest absolute Gasteiger partial charge is 0.420 e. The zero-order chi connectivity index (χ0) is 24.4. The van der Waals surface area contributed by atoms with Crippen LogP contribution in [0.2, 0.25) is 0 Å². The van der Waals surface area contributed by atoms with Crippen LogP contribution in [-0.4, -0.2) is 56.7 Å². The van der Waals surface area contributed by atoms with Gasteiger partial charge in [0.1, 0.15) is 27.3 Å². The summed E-state index contributed by atoms with van der Waals surface area (Å²) in [5.41, 5.74) is 4.10. The third-order valence-corrected chi connectivity index (χ3v) is 7.32. The fraction of sp³-hybridized carbons (Fsp3) is 0.444. The fourth-order valence-corrected chi connectivity index (χ4v) is 5.28. The second-order valence-electron chi connectivity index (χ2n) is 7.22. The smallest absolute Gasteiger partial charge is 0.368 e. The molecule has 0 aliphatic carbocycles. The molecular formula is C18H23F4N7O2S2. The number of aryl methyl sites for hydroxylation is 2. The molecule has 1 atom stereocenters. The van der Waals surface area contributed by atoms with Gasteiger partial charge in [0.05, 0.1) is 6.20 Å². The molecule has 1 aliphatic heterocycles. The molecule has 0 radical (unpaired) electrons. The zero-order valence-electron chi connectivity index (χ0n) is 17.6. The van der Waals surface area contributed by atoms with E-state index < -0.39 is 27.9 Å². The molecule has 0 amide bonds. The Morgan fingerprint density at radius 1 is 1.24 bits per heavy atom. The van der Waals surface area contributed by atoms with Gasteiger partial charge in [-0.3, -0.25) is 4.68 Å². The van der Waals surface area contributed by atoms with Gasteiger partial charge in [-0.05, 0) is 19.8 Å². The van der Waals surface area contributed by atoms with Gasteiger partial charge in [0.2, 0.25) is 16.0 Å². The number of nitrogens with zero attached hydrogens (tertiary/aromatic N) is 6. The average Bonchev–Trinajstić information content (AvgIpc) is 3.36. The number of aromatic nitrogens is 5. The molecule has 2 N–H and O–H groups in total. The van der Waals surface area contributed by atoms with Crippen molar-refractivity contribution in [3.8, 4) is 10.7 Å². The molecule has 0 bridgehead atoms. The molecule has 9 nitrogen and oxygen atoms in total. The third kappa shape index (κ3) is 6.03. The SMILES string of the molecule is Cc1cnc(-c2nc(N)ncc2C(F)(F)F)s1.Cn1cc(S(=O)(=O)N2CCC[C@H](F)C2)cn1.[HH]. The Kier molecular flexibility index (Phi) is 7.33. The number of piperidine rings is 1. The highest BCUT2D eigenvalue weighted by molar-refractivity contribution is 7.89. The molecule has 4 heterocycles. The summed E-state index contributed by atoms with van der Waals surface area (Å²) in [5, 5.41) is 4.00. The van der Waals surface area contributed by atoms with Crippen molar-refractivity contribution in [2.24, 2.45) is 7.05 Å². The minimum absolute atomic E-state index is 0. The number of hydrogen-bond donors (Lipinski definition) is 1. The van der Waals surface area contributed by atoms with Crippen LogP contribution >= 0.6 is 11.3 Å². The number of alkyl halides is 4. The first-order chi connectivity index (χ1) is 15.4. The Labute approximate surface area is 192 Å². The van der Waals surface area contributed by atoms with Crippen molar-refractivity contribution in [3.63, 3.8) is 0 Å². The molecule has 3 aromatic heterocycles. The number of thiazole rings is 1. The molecule has 0 aromatic carbocycles. The summed E-state index contributed by atoms with van der Waals surface area (Å²) in [4.78, 5) is 11.8. The Hall–Kier alpha value is -2.65. The first-order valence-electron chi connectivity index (χ1n) is 9.63. The van der Waals surface area contributed by atoms with Crippen LogP contribution in [0.25, 0.3) is 10.7 Å². The molecule has 182 valence electrons. The van der Waals surface area contributed by atoms with Crippen molar-refractivity contribution in [2.45, 2.75) is 37.0 Å². The molecule has 33 heavy (non-hydrogen) atoms. The highest BCUT2D eigenvalue weighted by Gasteiger charge is 2.36. The van der Waals surface area contributed by atoms with E-state index in [9.17, 15) is 26.0 Å². The lowest BCUT2D eigenvalue weighted by Crippen LogP contribution is -2.40. The number of nitrogens with two attached hydrogens (primary N) is 1. The minimum atomic E-state index is -4.53. The predicted molar refractivity (Wildman–Crippen MR) is 116 cm³/mol. The summed E-state index contributed by atoms with van der Waals surface area (Å²) in [7, 11) is -1.92. The van der Waals surface area contributed by atoms with E-state index in [0.717, 1.165) is 16.2 Å². The van der Waals surface area contributed by atoms with Gasteiger partial charge in [-0.25, -0.2) is 27.8 Å². The summed E-state index contributed by atoms with van der Waals surface area (Å²) >= 11 is 1.12. The second kappa shape index (κ2) is 9.69. The van der Waals surface area contributed by atoms with Crippen LogP contribution in [0.3, 0.4) is 0 Å². The van der Waals surface area contributed by atoms with Crippen molar-refractivity contribution in [1.82, 2.24) is 29.0 Å². The molecule has 0 saturated carbocycles. The number of hydrogen-bond acceptors (Lipinski definition) is 8. The monoisotopic (exact) mass is 509 g/mol. The lowest BCUT2D eigenvalue weighted by molar-refractivity contribution is -0.137. The van der Waals surface area contributed by atoms with Crippen molar-refractivity contribution in [1.29, 1.82) is 0 Å². The van der Waals surface area contributed by atoms with Gasteiger partial charge >= 0.3 is 6.18 Å². The van der Waals surface area contributed by atoms with Crippen molar-refractivity contribution >= 4 is 27.3 Å². The van der Waals surface area contributed by atoms with Crippen LogP contribution in [0.15, 0.2) is 29.7 Å². The van der Waals surface area contributed by atoms with Crippen LogP contribution in [0.4, 0.5) is 23.5 Å². The number of rotatable bonds is 3. The number of nitrogen functional groups attached to an aromatic ring is 1. The molecule has 3 aromatic rings. The van der Waals surface area contributed by atoms with E-state index in [2.05, 4.69) is 20.1 Å². The molecule has 1 fully saturated rings. The van der Waals surface area contributed by atoms with Crippen LogP contribution in [0.1, 0.15) is 24.7 Å². The standard InChI is InChI=1S/C9H7F3N4S.C9H14FN3O2S.H2/c1-4-2-14-7(17-4)6-5(9(10,11)12)3-15-8(13)16-6;1-12-7-9(5-11-12)16(14,15)13-4-2-3-8(10)6-13;/h2-3H,1H3,(H2,13,15,16);5,7-8H,2-4,6H2,1H3;1H/t;8-;/m.0./s1. The fourth-order valence-electron chi connectivity index (χ4n) is 3.02. The van der Waals surface area contributed by atoms with Gasteiger partial charge in [0, 0.05) is 45.0 Å². The summed E-state index contributed by atoms with van der Waals surface area (Å²) in [6.45, 7) is 2.09. The maximum atomic E-state index is 13.2. The predicted octanol–water partition coefficient (Wildman–Crippen LogP) is 3.30. The quantitative estimate of drug-likeness (QED) is 0.538. The zero-order valence-corrected chi connectivity index (χ0v) is 19.3. The highest BCUT2D eigenvalue weighted by Crippen LogP contribution is 2.37. The maximum absolute atomic E-state index is 13.2. The Morgan fingerprint density at radius 3 is 2.52 bits per heavy atom. The highest BCUT2D eigenvalue weighted by atomic mass is 32.2. The van der Waals surface area contributed by atoms with Crippen molar-refractivity contribution < 1.29 is 27.4 Å². The summed E-state index contributed by atoms with van der Waals surface area (Å²) in [5.74, 6) is -0.208. The van der Waals surface area contributed by atoms with E-state index in [4.69, 9.17) is 5.73 Å². The third-order valence-electron chi connectivity index (χ3n) is 4.58. The van der Waals surface area contributed by atoms with E-state index in [1.807, 2.05) is 0 Å². The topological polar surface area (TPSA) is 120 Å². The van der Waals surface area contributed by atoms with Gasteiger partial charge in [-0.2, -0.15) is 22.6 Å².